The highest BCUT2D eigenvalue weighted by Crippen LogP contribution is 2.11. The van der Waals surface area contributed by atoms with Crippen LogP contribution in [0.2, 0.25) is 0 Å². The third-order valence-electron chi connectivity index (χ3n) is 2.45. The molecule has 100 valence electrons. The van der Waals surface area contributed by atoms with Crippen molar-refractivity contribution in [2.75, 3.05) is 11.1 Å². The van der Waals surface area contributed by atoms with Gasteiger partial charge in [-0.25, -0.2) is 4.79 Å². The molecule has 0 fully saturated rings. The first-order valence-electron chi connectivity index (χ1n) is 5.54. The van der Waals surface area contributed by atoms with Gasteiger partial charge in [0, 0.05) is 19.0 Å². The average Bonchev–Trinajstić information content (AvgIpc) is 2.23. The van der Waals surface area contributed by atoms with E-state index in [4.69, 9.17) is 11.5 Å². The number of nitrogens with zero attached hydrogens (tertiary/aromatic N) is 1. The van der Waals surface area contributed by atoms with E-state index in [1.54, 1.807) is 13.8 Å². The molecule has 18 heavy (non-hydrogen) atoms. The molecule has 0 saturated heterocycles. The van der Waals surface area contributed by atoms with Gasteiger partial charge in [-0.3, -0.25) is 19.1 Å². The topological polar surface area (TPSA) is 136 Å². The van der Waals surface area contributed by atoms with Crippen molar-refractivity contribution in [3.8, 4) is 0 Å². The normalized spacial score (nSPS) is 12.1. The van der Waals surface area contributed by atoms with Gasteiger partial charge in [0.2, 0.25) is 5.91 Å². The minimum Gasteiger partial charge on any atom is -0.383 e. The zero-order valence-electron chi connectivity index (χ0n) is 10.3. The lowest BCUT2D eigenvalue weighted by molar-refractivity contribution is -0.118. The van der Waals surface area contributed by atoms with E-state index in [2.05, 4.69) is 10.3 Å². The minimum atomic E-state index is -0.612. The van der Waals surface area contributed by atoms with E-state index >= 15 is 0 Å². The maximum atomic E-state index is 11.6. The summed E-state index contributed by atoms with van der Waals surface area (Å²) in [6, 6.07) is -0.353. The van der Waals surface area contributed by atoms with Crippen LogP contribution in [0.1, 0.15) is 20.3 Å². The highest BCUT2D eigenvalue weighted by atomic mass is 16.2. The third kappa shape index (κ3) is 2.90. The molecule has 1 aromatic heterocycles. The molecule has 0 aliphatic heterocycles. The molecule has 8 heteroatoms. The SMILES string of the molecule is CCn1c(N)c(NC(C)CC(N)=O)c(=O)[nH]c1=O. The summed E-state index contributed by atoms with van der Waals surface area (Å²) in [6.45, 7) is 3.75. The van der Waals surface area contributed by atoms with Crippen molar-refractivity contribution in [3.63, 3.8) is 0 Å². The van der Waals surface area contributed by atoms with Crippen LogP contribution in [0.25, 0.3) is 0 Å². The second kappa shape index (κ2) is 5.39. The van der Waals surface area contributed by atoms with Gasteiger partial charge in [-0.1, -0.05) is 0 Å². The highest BCUT2D eigenvalue weighted by Gasteiger charge is 2.14. The number of nitrogen functional groups attached to an aromatic ring is 1. The van der Waals surface area contributed by atoms with Gasteiger partial charge in [-0.05, 0) is 13.8 Å². The monoisotopic (exact) mass is 255 g/mol. The molecule has 0 spiro atoms. The van der Waals surface area contributed by atoms with E-state index in [1.807, 2.05) is 0 Å². The molecule has 1 atom stereocenters. The Bertz CT molecular complexity index is 560. The van der Waals surface area contributed by atoms with E-state index in [0.717, 1.165) is 0 Å². The quantitative estimate of drug-likeness (QED) is 0.524. The van der Waals surface area contributed by atoms with Crippen molar-refractivity contribution in [3.05, 3.63) is 20.8 Å². The molecule has 1 rings (SSSR count). The van der Waals surface area contributed by atoms with Crippen LogP contribution in [-0.2, 0) is 11.3 Å². The van der Waals surface area contributed by atoms with Crippen molar-refractivity contribution in [1.29, 1.82) is 0 Å². The number of hydrogen-bond acceptors (Lipinski definition) is 5. The first kappa shape index (κ1) is 13.8. The van der Waals surface area contributed by atoms with Crippen LogP contribution < -0.4 is 28.0 Å². The van der Waals surface area contributed by atoms with E-state index in [1.165, 1.54) is 4.57 Å². The molecule has 1 unspecified atom stereocenters. The van der Waals surface area contributed by atoms with E-state index in [9.17, 15) is 14.4 Å². The molecule has 1 amide bonds. The first-order valence-corrected chi connectivity index (χ1v) is 5.54. The number of hydrogen-bond donors (Lipinski definition) is 4. The molecule has 8 nitrogen and oxygen atoms in total. The Morgan fingerprint density at radius 2 is 2.11 bits per heavy atom. The van der Waals surface area contributed by atoms with Crippen LogP contribution in [0, 0.1) is 0 Å². The van der Waals surface area contributed by atoms with Crippen molar-refractivity contribution in [2.45, 2.75) is 32.9 Å². The van der Waals surface area contributed by atoms with Gasteiger partial charge >= 0.3 is 5.69 Å². The van der Waals surface area contributed by atoms with E-state index in [0.29, 0.717) is 6.54 Å². The number of nitrogens with two attached hydrogens (primary N) is 2. The number of aromatic amines is 1. The fraction of sp³-hybridized carbons (Fsp3) is 0.500. The van der Waals surface area contributed by atoms with Gasteiger partial charge in [0.15, 0.2) is 0 Å². The van der Waals surface area contributed by atoms with Crippen LogP contribution in [0.5, 0.6) is 0 Å². The predicted molar refractivity (Wildman–Crippen MR) is 68.3 cm³/mol. The largest absolute Gasteiger partial charge is 0.383 e. The van der Waals surface area contributed by atoms with Gasteiger partial charge < -0.3 is 16.8 Å². The number of rotatable bonds is 5. The predicted octanol–water partition coefficient (Wildman–Crippen LogP) is -1.19. The Balaban J connectivity index is 3.13. The van der Waals surface area contributed by atoms with Gasteiger partial charge in [0.25, 0.3) is 5.56 Å². The fourth-order valence-electron chi connectivity index (χ4n) is 1.64. The molecule has 0 aliphatic rings. The van der Waals surface area contributed by atoms with Gasteiger partial charge in [0.05, 0.1) is 0 Å². The Hall–Kier alpha value is -2.25. The Morgan fingerprint density at radius 3 is 2.61 bits per heavy atom. The maximum Gasteiger partial charge on any atom is 0.330 e. The molecule has 0 bridgehead atoms. The number of amides is 1. The van der Waals surface area contributed by atoms with Crippen molar-refractivity contribution in [2.24, 2.45) is 5.73 Å². The van der Waals surface area contributed by atoms with Crippen LogP contribution >= 0.6 is 0 Å². The third-order valence-corrected chi connectivity index (χ3v) is 2.45. The van der Waals surface area contributed by atoms with Crippen LogP contribution in [-0.4, -0.2) is 21.5 Å². The second-order valence-corrected chi connectivity index (χ2v) is 3.98. The van der Waals surface area contributed by atoms with Gasteiger partial charge in [0.1, 0.15) is 11.5 Å². The summed E-state index contributed by atoms with van der Waals surface area (Å²) in [5.41, 5.74) is 9.69. The molecule has 0 aromatic carbocycles. The standard InChI is InChI=1S/C10H17N5O3/c1-3-15-8(12)7(9(17)14-10(15)18)13-5(2)4-6(11)16/h5,13H,3-4,12H2,1-2H3,(H2,11,16)(H,14,17,18). The number of carbonyl (C=O) groups is 1. The zero-order valence-corrected chi connectivity index (χ0v) is 10.3. The number of carbonyl (C=O) groups excluding carboxylic acids is 1. The summed E-state index contributed by atoms with van der Waals surface area (Å²) in [5, 5.41) is 2.78. The highest BCUT2D eigenvalue weighted by molar-refractivity contribution is 5.75. The molecular weight excluding hydrogens is 238 g/mol. The summed E-state index contributed by atoms with van der Waals surface area (Å²) < 4.78 is 1.22. The second-order valence-electron chi connectivity index (χ2n) is 3.98. The molecule has 0 saturated carbocycles. The Labute approximate surface area is 103 Å². The van der Waals surface area contributed by atoms with Crippen LogP contribution in [0.4, 0.5) is 11.5 Å². The summed E-state index contributed by atoms with van der Waals surface area (Å²) >= 11 is 0. The summed E-state index contributed by atoms with van der Waals surface area (Å²) in [5.74, 6) is -0.448. The number of aromatic nitrogens is 2. The fourth-order valence-corrected chi connectivity index (χ4v) is 1.64. The molecule has 0 radical (unpaired) electrons. The molecule has 1 heterocycles. The zero-order chi connectivity index (χ0) is 13.9. The van der Waals surface area contributed by atoms with Crippen LogP contribution in [0.3, 0.4) is 0 Å². The molecule has 1 aromatic rings. The number of anilines is 2. The first-order chi connectivity index (χ1) is 8.36. The summed E-state index contributed by atoms with van der Waals surface area (Å²) in [6.07, 6.45) is 0.0597. The summed E-state index contributed by atoms with van der Waals surface area (Å²) in [4.78, 5) is 36.0. The lowest BCUT2D eigenvalue weighted by atomic mass is 10.2. The van der Waals surface area contributed by atoms with Crippen molar-refractivity contribution < 1.29 is 4.79 Å². The lowest BCUT2D eigenvalue weighted by Gasteiger charge is -2.16. The number of nitrogens with one attached hydrogen (secondary N) is 2. The molecular formula is C10H17N5O3. The molecule has 6 N–H and O–H groups in total. The van der Waals surface area contributed by atoms with E-state index < -0.39 is 17.2 Å². The Kier molecular flexibility index (Phi) is 4.13. The number of H-pyrrole nitrogens is 1. The van der Waals surface area contributed by atoms with Gasteiger partial charge in [-0.15, -0.1) is 0 Å². The lowest BCUT2D eigenvalue weighted by Crippen LogP contribution is -2.35. The minimum absolute atomic E-state index is 0.0440. The summed E-state index contributed by atoms with van der Waals surface area (Å²) in [7, 11) is 0. The number of primary amides is 1. The average molecular weight is 255 g/mol. The maximum absolute atomic E-state index is 11.6. The van der Waals surface area contributed by atoms with Crippen molar-refractivity contribution >= 4 is 17.4 Å². The molecule has 0 aliphatic carbocycles. The van der Waals surface area contributed by atoms with E-state index in [-0.39, 0.29) is 24.0 Å². The smallest absolute Gasteiger partial charge is 0.330 e. The van der Waals surface area contributed by atoms with Crippen LogP contribution in [0.15, 0.2) is 9.59 Å². The Morgan fingerprint density at radius 1 is 1.50 bits per heavy atom. The van der Waals surface area contributed by atoms with Gasteiger partial charge in [-0.2, -0.15) is 0 Å². The van der Waals surface area contributed by atoms with Crippen molar-refractivity contribution in [1.82, 2.24) is 9.55 Å².